The van der Waals surface area contributed by atoms with Crippen LogP contribution in [0, 0.1) is 11.6 Å². The largest absolute Gasteiger partial charge is 0.326 e. The lowest BCUT2D eigenvalue weighted by atomic mass is 10.1. The van der Waals surface area contributed by atoms with Gasteiger partial charge in [0.1, 0.15) is 12.1 Å². The molecule has 0 saturated carbocycles. The predicted molar refractivity (Wildman–Crippen MR) is 108 cm³/mol. The van der Waals surface area contributed by atoms with Crippen molar-refractivity contribution in [3.8, 4) is 11.3 Å². The third kappa shape index (κ3) is 4.00. The van der Waals surface area contributed by atoms with Crippen molar-refractivity contribution in [2.24, 2.45) is 0 Å². The van der Waals surface area contributed by atoms with Gasteiger partial charge in [0.05, 0.1) is 11.2 Å². The van der Waals surface area contributed by atoms with Gasteiger partial charge in [0.2, 0.25) is 11.8 Å². The van der Waals surface area contributed by atoms with Crippen LogP contribution in [0.15, 0.2) is 60.9 Å². The van der Waals surface area contributed by atoms with Gasteiger partial charge < -0.3 is 10.6 Å². The maximum atomic E-state index is 13.6. The summed E-state index contributed by atoms with van der Waals surface area (Å²) in [5, 5.41) is 12.8. The van der Waals surface area contributed by atoms with E-state index in [-0.39, 0.29) is 5.69 Å². The van der Waals surface area contributed by atoms with Gasteiger partial charge >= 0.3 is 0 Å². The van der Waals surface area contributed by atoms with Gasteiger partial charge in [-0.05, 0) is 42.5 Å². The molecular weight excluding hydrogens is 392 g/mol. The van der Waals surface area contributed by atoms with Crippen LogP contribution < -0.4 is 10.6 Å². The van der Waals surface area contributed by atoms with Crippen molar-refractivity contribution in [3.63, 3.8) is 0 Å². The maximum absolute atomic E-state index is 13.6. The van der Waals surface area contributed by atoms with Crippen LogP contribution in [0.3, 0.4) is 0 Å². The summed E-state index contributed by atoms with van der Waals surface area (Å²) in [6, 6.07) is 12.3. The molecule has 0 unspecified atom stereocenters. The number of rotatable bonds is 5. The first-order valence-electron chi connectivity index (χ1n) is 8.93. The number of pyridine rings is 1. The second kappa shape index (κ2) is 8.08. The first kappa shape index (κ1) is 19.2. The first-order valence-corrected chi connectivity index (χ1v) is 8.93. The SMILES string of the molecule is O=C(CC(=O)Nc1cccc(F)c1F)Nc1ccc2c(-c3cccnc3)n[nH]c2c1. The van der Waals surface area contributed by atoms with Crippen molar-refractivity contribution in [1.82, 2.24) is 15.2 Å². The molecule has 2 amide bonds. The number of amides is 2. The van der Waals surface area contributed by atoms with E-state index in [1.165, 1.54) is 12.1 Å². The standard InChI is InChI=1S/C21H15F2N5O2/c22-15-4-1-5-16(20(15)23)26-19(30)10-18(29)25-13-6-7-14-17(9-13)27-28-21(14)12-3-2-8-24-11-12/h1-9,11H,10H2,(H,25,29)(H,26,30)(H,27,28). The molecular formula is C21H15F2N5O2. The van der Waals surface area contributed by atoms with Crippen molar-refractivity contribution < 1.29 is 18.4 Å². The Bertz CT molecular complexity index is 1240. The molecule has 0 bridgehead atoms. The fraction of sp³-hybridized carbons (Fsp3) is 0.0476. The second-order valence-corrected chi connectivity index (χ2v) is 6.45. The molecule has 7 nitrogen and oxygen atoms in total. The van der Waals surface area contributed by atoms with Crippen molar-refractivity contribution in [1.29, 1.82) is 0 Å². The second-order valence-electron chi connectivity index (χ2n) is 6.45. The molecule has 0 radical (unpaired) electrons. The van der Waals surface area contributed by atoms with E-state index < -0.39 is 29.9 Å². The number of nitrogens with zero attached hydrogens (tertiary/aromatic N) is 2. The Morgan fingerprint density at radius 1 is 1.00 bits per heavy atom. The average Bonchev–Trinajstić information content (AvgIpc) is 3.15. The fourth-order valence-electron chi connectivity index (χ4n) is 2.97. The number of aromatic nitrogens is 3. The maximum Gasteiger partial charge on any atom is 0.233 e. The predicted octanol–water partition coefficient (Wildman–Crippen LogP) is 3.87. The Morgan fingerprint density at radius 2 is 1.83 bits per heavy atom. The van der Waals surface area contributed by atoms with E-state index in [4.69, 9.17) is 0 Å². The molecule has 2 aromatic heterocycles. The Kier molecular flexibility index (Phi) is 5.17. The lowest BCUT2D eigenvalue weighted by Gasteiger charge is -2.08. The van der Waals surface area contributed by atoms with Gasteiger partial charge in [-0.15, -0.1) is 0 Å². The summed E-state index contributed by atoms with van der Waals surface area (Å²) >= 11 is 0. The molecule has 30 heavy (non-hydrogen) atoms. The number of nitrogens with one attached hydrogen (secondary N) is 3. The zero-order chi connectivity index (χ0) is 21.1. The van der Waals surface area contributed by atoms with Gasteiger partial charge in [-0.25, -0.2) is 8.78 Å². The Balaban J connectivity index is 1.43. The van der Waals surface area contributed by atoms with E-state index >= 15 is 0 Å². The Hall–Kier alpha value is -4.14. The summed E-state index contributed by atoms with van der Waals surface area (Å²) in [6.07, 6.45) is 2.81. The lowest BCUT2D eigenvalue weighted by Crippen LogP contribution is -2.22. The Labute approximate surface area is 169 Å². The number of halogens is 2. The molecule has 0 aliphatic carbocycles. The zero-order valence-corrected chi connectivity index (χ0v) is 15.4. The van der Waals surface area contributed by atoms with Gasteiger partial charge in [-0.1, -0.05) is 6.07 Å². The van der Waals surface area contributed by atoms with Gasteiger partial charge in [0.15, 0.2) is 11.6 Å². The molecule has 0 aliphatic rings. The van der Waals surface area contributed by atoms with E-state index in [9.17, 15) is 18.4 Å². The number of hydrogen-bond acceptors (Lipinski definition) is 4. The van der Waals surface area contributed by atoms with Gasteiger partial charge in [-0.2, -0.15) is 5.10 Å². The normalized spacial score (nSPS) is 10.7. The Morgan fingerprint density at radius 3 is 2.63 bits per heavy atom. The van der Waals surface area contributed by atoms with Crippen molar-refractivity contribution in [2.45, 2.75) is 6.42 Å². The summed E-state index contributed by atoms with van der Waals surface area (Å²) < 4.78 is 26.8. The molecule has 2 aromatic carbocycles. The van der Waals surface area contributed by atoms with E-state index in [2.05, 4.69) is 25.8 Å². The monoisotopic (exact) mass is 407 g/mol. The molecule has 4 aromatic rings. The van der Waals surface area contributed by atoms with E-state index in [1.807, 2.05) is 12.1 Å². The molecule has 3 N–H and O–H groups in total. The number of fused-ring (bicyclic) bond motifs is 1. The number of benzene rings is 2. The summed E-state index contributed by atoms with van der Waals surface area (Å²) in [6.45, 7) is 0. The minimum atomic E-state index is -1.18. The third-order valence-corrected chi connectivity index (χ3v) is 4.33. The lowest BCUT2D eigenvalue weighted by molar-refractivity contribution is -0.123. The van der Waals surface area contributed by atoms with Crippen LogP contribution in [0.2, 0.25) is 0 Å². The van der Waals surface area contributed by atoms with Gasteiger partial charge in [0, 0.05) is 29.0 Å². The molecule has 0 spiro atoms. The fourth-order valence-corrected chi connectivity index (χ4v) is 2.97. The van der Waals surface area contributed by atoms with Crippen LogP contribution in [0.5, 0.6) is 0 Å². The summed E-state index contributed by atoms with van der Waals surface area (Å²) in [7, 11) is 0. The highest BCUT2D eigenvalue weighted by Gasteiger charge is 2.15. The molecule has 9 heteroatoms. The number of aromatic amines is 1. The minimum Gasteiger partial charge on any atom is -0.326 e. The van der Waals surface area contributed by atoms with E-state index in [0.29, 0.717) is 11.2 Å². The van der Waals surface area contributed by atoms with E-state index in [1.54, 1.807) is 30.6 Å². The van der Waals surface area contributed by atoms with Gasteiger partial charge in [0.25, 0.3) is 0 Å². The molecule has 2 heterocycles. The molecule has 0 aliphatic heterocycles. The average molecular weight is 407 g/mol. The number of carbonyl (C=O) groups excluding carboxylic acids is 2. The third-order valence-electron chi connectivity index (χ3n) is 4.33. The molecule has 0 fully saturated rings. The number of anilines is 2. The minimum absolute atomic E-state index is 0.324. The highest BCUT2D eigenvalue weighted by Crippen LogP contribution is 2.27. The first-order chi connectivity index (χ1) is 14.5. The smallest absolute Gasteiger partial charge is 0.233 e. The molecule has 150 valence electrons. The molecule has 0 atom stereocenters. The van der Waals surface area contributed by atoms with Crippen molar-refractivity contribution in [3.05, 3.63) is 72.6 Å². The zero-order valence-electron chi connectivity index (χ0n) is 15.4. The summed E-state index contributed by atoms with van der Waals surface area (Å²) in [5.74, 6) is -3.63. The van der Waals surface area contributed by atoms with E-state index in [0.717, 1.165) is 22.7 Å². The van der Waals surface area contributed by atoms with Crippen molar-refractivity contribution in [2.75, 3.05) is 10.6 Å². The van der Waals surface area contributed by atoms with Crippen LogP contribution >= 0.6 is 0 Å². The number of hydrogen-bond donors (Lipinski definition) is 3. The highest BCUT2D eigenvalue weighted by molar-refractivity contribution is 6.08. The number of H-pyrrole nitrogens is 1. The van der Waals surface area contributed by atoms with Gasteiger partial charge in [-0.3, -0.25) is 19.7 Å². The van der Waals surface area contributed by atoms with Crippen LogP contribution in [0.4, 0.5) is 20.2 Å². The summed E-state index contributed by atoms with van der Waals surface area (Å²) in [5.41, 5.74) is 2.40. The molecule has 0 saturated heterocycles. The quantitative estimate of drug-likeness (QED) is 0.437. The number of carbonyl (C=O) groups is 2. The van der Waals surface area contributed by atoms with Crippen LogP contribution in [-0.2, 0) is 9.59 Å². The van der Waals surface area contributed by atoms with Crippen LogP contribution in [-0.4, -0.2) is 27.0 Å². The highest BCUT2D eigenvalue weighted by atomic mass is 19.2. The van der Waals surface area contributed by atoms with Crippen LogP contribution in [0.25, 0.3) is 22.2 Å². The topological polar surface area (TPSA) is 99.8 Å². The summed E-state index contributed by atoms with van der Waals surface area (Å²) in [4.78, 5) is 28.2. The van der Waals surface area contributed by atoms with Crippen LogP contribution in [0.1, 0.15) is 6.42 Å². The van der Waals surface area contributed by atoms with Crippen molar-refractivity contribution >= 4 is 34.1 Å². The molecule has 4 rings (SSSR count).